The molecule has 0 unspecified atom stereocenters. The Labute approximate surface area is 216 Å². The van der Waals surface area contributed by atoms with Crippen molar-refractivity contribution in [3.8, 4) is 17.1 Å². The molecule has 0 aliphatic rings. The van der Waals surface area contributed by atoms with Crippen LogP contribution in [0.1, 0.15) is 35.1 Å². The standard InChI is InChI=1S/C27H31ClN6O2/c1-5-34-18(2)20(16-30-34)17-33(4)27(35)25-23-15-21(28)9-12-24(23)31-26(32-25)19-7-10-22(11-8-19)36-14-6-13-29-3/h7-12,15-16,29H,5-6,13-14,17H2,1-4H3. The van der Waals surface area contributed by atoms with E-state index in [4.69, 9.17) is 26.3 Å². The number of halogens is 1. The van der Waals surface area contributed by atoms with Gasteiger partial charge in [-0.15, -0.1) is 0 Å². The Kier molecular flexibility index (Phi) is 8.18. The van der Waals surface area contributed by atoms with E-state index in [0.29, 0.717) is 40.6 Å². The van der Waals surface area contributed by atoms with Crippen molar-refractivity contribution < 1.29 is 9.53 Å². The number of ether oxygens (including phenoxy) is 1. The SMILES string of the molecule is CCn1ncc(CN(C)C(=O)c2nc(-c3ccc(OCCCNC)cc3)nc3ccc(Cl)cc23)c1C. The molecular formula is C27H31ClN6O2. The maximum Gasteiger partial charge on any atom is 0.273 e. The highest BCUT2D eigenvalue weighted by Gasteiger charge is 2.21. The van der Waals surface area contributed by atoms with Crippen molar-refractivity contribution in [2.75, 3.05) is 27.2 Å². The van der Waals surface area contributed by atoms with Gasteiger partial charge in [-0.25, -0.2) is 9.97 Å². The number of aromatic nitrogens is 4. The highest BCUT2D eigenvalue weighted by atomic mass is 35.5. The summed E-state index contributed by atoms with van der Waals surface area (Å²) in [6.45, 7) is 6.79. The number of nitrogens with zero attached hydrogens (tertiary/aromatic N) is 5. The summed E-state index contributed by atoms with van der Waals surface area (Å²) in [5.41, 5.74) is 3.80. The lowest BCUT2D eigenvalue weighted by atomic mass is 10.1. The van der Waals surface area contributed by atoms with E-state index >= 15 is 0 Å². The fourth-order valence-corrected chi connectivity index (χ4v) is 4.17. The van der Waals surface area contributed by atoms with Gasteiger partial charge in [-0.2, -0.15) is 5.10 Å². The number of aryl methyl sites for hydroxylation is 1. The van der Waals surface area contributed by atoms with Crippen LogP contribution >= 0.6 is 11.6 Å². The monoisotopic (exact) mass is 506 g/mol. The molecule has 2 aromatic carbocycles. The largest absolute Gasteiger partial charge is 0.494 e. The average molecular weight is 507 g/mol. The van der Waals surface area contributed by atoms with Crippen molar-refractivity contribution in [2.45, 2.75) is 33.4 Å². The van der Waals surface area contributed by atoms with Crippen molar-refractivity contribution in [1.29, 1.82) is 0 Å². The van der Waals surface area contributed by atoms with Gasteiger partial charge in [0.15, 0.2) is 5.82 Å². The highest BCUT2D eigenvalue weighted by molar-refractivity contribution is 6.31. The topological polar surface area (TPSA) is 85.2 Å². The first kappa shape index (κ1) is 25.6. The molecule has 0 spiro atoms. The second-order valence-electron chi connectivity index (χ2n) is 8.62. The quantitative estimate of drug-likeness (QED) is 0.313. The van der Waals surface area contributed by atoms with Crippen LogP contribution in [-0.2, 0) is 13.1 Å². The van der Waals surface area contributed by atoms with Gasteiger partial charge in [-0.1, -0.05) is 11.6 Å². The number of fused-ring (bicyclic) bond motifs is 1. The highest BCUT2D eigenvalue weighted by Crippen LogP contribution is 2.27. The smallest absolute Gasteiger partial charge is 0.273 e. The summed E-state index contributed by atoms with van der Waals surface area (Å²) in [7, 11) is 3.69. The Hall–Kier alpha value is -3.49. The summed E-state index contributed by atoms with van der Waals surface area (Å²) in [6, 6.07) is 12.9. The maximum atomic E-state index is 13.6. The van der Waals surface area contributed by atoms with Crippen LogP contribution in [0.15, 0.2) is 48.7 Å². The van der Waals surface area contributed by atoms with Gasteiger partial charge in [-0.3, -0.25) is 9.48 Å². The van der Waals surface area contributed by atoms with Crippen molar-refractivity contribution in [3.05, 3.63) is 70.6 Å². The second kappa shape index (κ2) is 11.5. The number of amides is 1. The normalized spacial score (nSPS) is 11.1. The van der Waals surface area contributed by atoms with Crippen LogP contribution in [0.5, 0.6) is 5.75 Å². The molecule has 1 amide bonds. The molecule has 0 atom stereocenters. The van der Waals surface area contributed by atoms with Crippen LogP contribution in [-0.4, -0.2) is 57.8 Å². The number of hydrogen-bond acceptors (Lipinski definition) is 6. The van der Waals surface area contributed by atoms with E-state index in [9.17, 15) is 4.79 Å². The van der Waals surface area contributed by atoms with E-state index in [1.807, 2.05) is 62.1 Å². The minimum Gasteiger partial charge on any atom is -0.494 e. The molecule has 0 bridgehead atoms. The number of carbonyl (C=O) groups excluding carboxylic acids is 1. The Morgan fingerprint density at radius 1 is 1.17 bits per heavy atom. The van der Waals surface area contributed by atoms with Crippen molar-refractivity contribution >= 4 is 28.4 Å². The van der Waals surface area contributed by atoms with Crippen LogP contribution in [0.25, 0.3) is 22.3 Å². The van der Waals surface area contributed by atoms with Gasteiger partial charge in [0.05, 0.1) is 18.3 Å². The first-order valence-corrected chi connectivity index (χ1v) is 12.4. The summed E-state index contributed by atoms with van der Waals surface area (Å²) in [5, 5.41) is 8.64. The minimum absolute atomic E-state index is 0.209. The first-order chi connectivity index (χ1) is 17.4. The number of hydrogen-bond donors (Lipinski definition) is 1. The predicted molar refractivity (Wildman–Crippen MR) is 142 cm³/mol. The Balaban J connectivity index is 1.64. The molecule has 0 aliphatic heterocycles. The van der Waals surface area contributed by atoms with Crippen LogP contribution in [0.4, 0.5) is 0 Å². The zero-order valence-electron chi connectivity index (χ0n) is 21.1. The molecule has 2 aromatic heterocycles. The summed E-state index contributed by atoms with van der Waals surface area (Å²) >= 11 is 6.27. The molecule has 36 heavy (non-hydrogen) atoms. The molecular weight excluding hydrogens is 476 g/mol. The van der Waals surface area contributed by atoms with Gasteiger partial charge >= 0.3 is 0 Å². The van der Waals surface area contributed by atoms with E-state index in [0.717, 1.165) is 42.1 Å². The molecule has 0 radical (unpaired) electrons. The Bertz CT molecular complexity index is 1350. The summed E-state index contributed by atoms with van der Waals surface area (Å²) < 4.78 is 7.71. The first-order valence-electron chi connectivity index (χ1n) is 12.0. The molecule has 1 N–H and O–H groups in total. The van der Waals surface area contributed by atoms with E-state index in [-0.39, 0.29) is 5.91 Å². The molecule has 0 aliphatic carbocycles. The van der Waals surface area contributed by atoms with Crippen molar-refractivity contribution in [1.82, 2.24) is 30.0 Å². The number of nitrogens with one attached hydrogen (secondary N) is 1. The van der Waals surface area contributed by atoms with Gasteiger partial charge in [-0.05, 0) is 76.3 Å². The van der Waals surface area contributed by atoms with E-state index < -0.39 is 0 Å². The molecule has 8 nitrogen and oxygen atoms in total. The van der Waals surface area contributed by atoms with Gasteiger partial charge in [0.2, 0.25) is 0 Å². The molecule has 4 rings (SSSR count). The molecule has 4 aromatic rings. The van der Waals surface area contributed by atoms with Crippen LogP contribution in [0, 0.1) is 6.92 Å². The average Bonchev–Trinajstić information content (AvgIpc) is 3.24. The van der Waals surface area contributed by atoms with E-state index in [1.165, 1.54) is 0 Å². The molecule has 2 heterocycles. The maximum absolute atomic E-state index is 13.6. The third kappa shape index (κ3) is 5.66. The van der Waals surface area contributed by atoms with Gasteiger partial charge in [0.25, 0.3) is 5.91 Å². The molecule has 0 saturated heterocycles. The van der Waals surface area contributed by atoms with Gasteiger partial charge in [0, 0.05) is 47.4 Å². The predicted octanol–water partition coefficient (Wildman–Crippen LogP) is 4.74. The lowest BCUT2D eigenvalue weighted by Gasteiger charge is -2.18. The van der Waals surface area contributed by atoms with Crippen LogP contribution in [0.3, 0.4) is 0 Å². The fourth-order valence-electron chi connectivity index (χ4n) is 4.00. The van der Waals surface area contributed by atoms with Crippen LogP contribution in [0.2, 0.25) is 5.02 Å². The second-order valence-corrected chi connectivity index (χ2v) is 9.06. The molecule has 0 fully saturated rings. The summed E-state index contributed by atoms with van der Waals surface area (Å²) in [5.74, 6) is 1.04. The summed E-state index contributed by atoms with van der Waals surface area (Å²) in [6.07, 6.45) is 2.73. The van der Waals surface area contributed by atoms with E-state index in [1.54, 1.807) is 24.1 Å². The lowest BCUT2D eigenvalue weighted by molar-refractivity contribution is 0.0781. The zero-order valence-corrected chi connectivity index (χ0v) is 21.8. The number of benzene rings is 2. The molecule has 188 valence electrons. The molecule has 9 heteroatoms. The van der Waals surface area contributed by atoms with Crippen LogP contribution < -0.4 is 10.1 Å². The molecule has 0 saturated carbocycles. The van der Waals surface area contributed by atoms with Crippen molar-refractivity contribution in [3.63, 3.8) is 0 Å². The number of rotatable bonds is 10. The van der Waals surface area contributed by atoms with Gasteiger partial charge in [0.1, 0.15) is 11.4 Å². The third-order valence-corrected chi connectivity index (χ3v) is 6.31. The van der Waals surface area contributed by atoms with Crippen molar-refractivity contribution in [2.24, 2.45) is 0 Å². The van der Waals surface area contributed by atoms with E-state index in [2.05, 4.69) is 10.4 Å². The Morgan fingerprint density at radius 3 is 2.64 bits per heavy atom. The third-order valence-electron chi connectivity index (χ3n) is 6.07. The number of carbonyl (C=O) groups is 1. The minimum atomic E-state index is -0.209. The van der Waals surface area contributed by atoms with Gasteiger partial charge < -0.3 is 15.0 Å². The fraction of sp³-hybridized carbons (Fsp3) is 0.333. The Morgan fingerprint density at radius 2 is 1.94 bits per heavy atom. The summed E-state index contributed by atoms with van der Waals surface area (Å²) in [4.78, 5) is 24.7. The zero-order chi connectivity index (χ0) is 25.7. The lowest BCUT2D eigenvalue weighted by Crippen LogP contribution is -2.27.